The molecule has 0 bridgehead atoms. The summed E-state index contributed by atoms with van der Waals surface area (Å²) in [5, 5.41) is 0. The van der Waals surface area contributed by atoms with Crippen molar-refractivity contribution in [3.05, 3.63) is 42.5 Å². The molecule has 1 aliphatic heterocycles. The van der Waals surface area contributed by atoms with Crippen LogP contribution in [0.2, 0.25) is 0 Å². The number of hydrogen-bond acceptors (Lipinski definition) is 4. The van der Waals surface area contributed by atoms with E-state index in [4.69, 9.17) is 18.9 Å². The summed E-state index contributed by atoms with van der Waals surface area (Å²) in [6.07, 6.45) is 1.87. The Hall–Kier alpha value is -2.36. The van der Waals surface area contributed by atoms with Gasteiger partial charge in [0.25, 0.3) is 0 Å². The van der Waals surface area contributed by atoms with Crippen molar-refractivity contribution in [2.24, 2.45) is 0 Å². The lowest BCUT2D eigenvalue weighted by molar-refractivity contribution is 0.268. The molecule has 1 aliphatic rings. The van der Waals surface area contributed by atoms with Crippen LogP contribution in [0.4, 0.5) is 0 Å². The largest absolute Gasteiger partial charge is 0.497 e. The first-order valence-corrected chi connectivity index (χ1v) is 7.07. The maximum absolute atomic E-state index is 5.97. The standard InChI is InChI=1S/C17H18O4/c1-18-13-8-9-16-17(12-13)20-11-5-4-10-19-14-6-2-3-7-15(14)21-16/h2-3,6-9,12H,4-5,10-11H2,1H3. The number of hydrogen-bond donors (Lipinski definition) is 0. The van der Waals surface area contributed by atoms with Gasteiger partial charge in [-0.2, -0.15) is 0 Å². The van der Waals surface area contributed by atoms with Gasteiger partial charge in [0.15, 0.2) is 23.0 Å². The Bertz CT molecular complexity index is 609. The third-order valence-corrected chi connectivity index (χ3v) is 3.27. The molecule has 1 heterocycles. The van der Waals surface area contributed by atoms with Crippen LogP contribution in [0.5, 0.6) is 28.7 Å². The van der Waals surface area contributed by atoms with Crippen molar-refractivity contribution in [1.82, 2.24) is 0 Å². The van der Waals surface area contributed by atoms with Gasteiger partial charge in [-0.25, -0.2) is 0 Å². The minimum atomic E-state index is 0.628. The molecule has 0 N–H and O–H groups in total. The van der Waals surface area contributed by atoms with Gasteiger partial charge in [-0.1, -0.05) is 12.1 Å². The van der Waals surface area contributed by atoms with Crippen LogP contribution >= 0.6 is 0 Å². The van der Waals surface area contributed by atoms with Crippen molar-refractivity contribution in [3.63, 3.8) is 0 Å². The van der Waals surface area contributed by atoms with E-state index in [1.54, 1.807) is 7.11 Å². The van der Waals surface area contributed by atoms with Crippen LogP contribution in [0.25, 0.3) is 0 Å². The van der Waals surface area contributed by atoms with Gasteiger partial charge in [-0.3, -0.25) is 0 Å². The summed E-state index contributed by atoms with van der Waals surface area (Å²) < 4.78 is 22.8. The summed E-state index contributed by atoms with van der Waals surface area (Å²) in [5.74, 6) is 3.53. The minimum Gasteiger partial charge on any atom is -0.497 e. The fraction of sp³-hybridized carbons (Fsp3) is 0.294. The first kappa shape index (κ1) is 13.6. The SMILES string of the molecule is COc1ccc2c(c1)OCCCCOc1ccccc1O2. The van der Waals surface area contributed by atoms with Crippen LogP contribution in [-0.2, 0) is 0 Å². The fourth-order valence-corrected chi connectivity index (χ4v) is 2.15. The predicted molar refractivity (Wildman–Crippen MR) is 79.7 cm³/mol. The molecule has 110 valence electrons. The normalized spacial score (nSPS) is 14.3. The third kappa shape index (κ3) is 3.21. The second kappa shape index (κ2) is 6.39. The van der Waals surface area contributed by atoms with Crippen molar-refractivity contribution < 1.29 is 18.9 Å². The van der Waals surface area contributed by atoms with E-state index in [9.17, 15) is 0 Å². The molecule has 0 aromatic heterocycles. The molecule has 2 aromatic rings. The summed E-state index contributed by atoms with van der Waals surface area (Å²) in [7, 11) is 1.64. The van der Waals surface area contributed by atoms with Crippen LogP contribution < -0.4 is 18.9 Å². The molecule has 21 heavy (non-hydrogen) atoms. The predicted octanol–water partition coefficient (Wildman–Crippen LogP) is 4.04. The molecule has 4 heteroatoms. The van der Waals surface area contributed by atoms with Crippen molar-refractivity contribution >= 4 is 0 Å². The number of para-hydroxylation sites is 2. The van der Waals surface area contributed by atoms with Crippen LogP contribution in [-0.4, -0.2) is 20.3 Å². The lowest BCUT2D eigenvalue weighted by atomic mass is 10.3. The number of fused-ring (bicyclic) bond motifs is 2. The highest BCUT2D eigenvalue weighted by Crippen LogP contribution is 2.38. The number of ether oxygens (including phenoxy) is 4. The molecule has 0 saturated carbocycles. The zero-order valence-corrected chi connectivity index (χ0v) is 12.0. The molecule has 4 nitrogen and oxygen atoms in total. The topological polar surface area (TPSA) is 36.9 Å². The zero-order valence-electron chi connectivity index (χ0n) is 12.0. The Morgan fingerprint density at radius 1 is 0.810 bits per heavy atom. The van der Waals surface area contributed by atoms with Crippen molar-refractivity contribution in [3.8, 4) is 28.7 Å². The molecule has 2 aromatic carbocycles. The summed E-state index contributed by atoms with van der Waals surface area (Å²) in [6, 6.07) is 13.2. The molecule has 0 atom stereocenters. The van der Waals surface area contributed by atoms with Gasteiger partial charge in [0.2, 0.25) is 0 Å². The Balaban J connectivity index is 1.97. The smallest absolute Gasteiger partial charge is 0.169 e. The molecular weight excluding hydrogens is 268 g/mol. The lowest BCUT2D eigenvalue weighted by Gasteiger charge is -2.14. The van der Waals surface area contributed by atoms with Gasteiger partial charge in [0.1, 0.15) is 5.75 Å². The van der Waals surface area contributed by atoms with E-state index < -0.39 is 0 Å². The molecule has 0 spiro atoms. The lowest BCUT2D eigenvalue weighted by Crippen LogP contribution is -2.02. The van der Waals surface area contributed by atoms with Crippen LogP contribution in [0.15, 0.2) is 42.5 Å². The van der Waals surface area contributed by atoms with E-state index in [-0.39, 0.29) is 0 Å². The van der Waals surface area contributed by atoms with Gasteiger partial charge < -0.3 is 18.9 Å². The third-order valence-electron chi connectivity index (χ3n) is 3.27. The van der Waals surface area contributed by atoms with E-state index in [1.165, 1.54) is 0 Å². The number of benzene rings is 2. The Labute approximate surface area is 124 Å². The molecule has 0 unspecified atom stereocenters. The van der Waals surface area contributed by atoms with Gasteiger partial charge in [0, 0.05) is 6.07 Å². The van der Waals surface area contributed by atoms with Crippen molar-refractivity contribution in [2.45, 2.75) is 12.8 Å². The maximum Gasteiger partial charge on any atom is 0.169 e. The average Bonchev–Trinajstić information content (AvgIpc) is 2.56. The Morgan fingerprint density at radius 3 is 2.24 bits per heavy atom. The zero-order chi connectivity index (χ0) is 14.5. The van der Waals surface area contributed by atoms with Gasteiger partial charge in [-0.05, 0) is 37.1 Å². The van der Waals surface area contributed by atoms with Crippen molar-refractivity contribution in [1.29, 1.82) is 0 Å². The fourth-order valence-electron chi connectivity index (χ4n) is 2.15. The van der Waals surface area contributed by atoms with E-state index >= 15 is 0 Å². The summed E-state index contributed by atoms with van der Waals surface area (Å²) in [4.78, 5) is 0. The quantitative estimate of drug-likeness (QED) is 0.793. The van der Waals surface area contributed by atoms with Crippen LogP contribution in [0.3, 0.4) is 0 Å². The molecule has 0 aliphatic carbocycles. The summed E-state index contributed by atoms with van der Waals surface area (Å²) in [5.41, 5.74) is 0. The highest BCUT2D eigenvalue weighted by molar-refractivity contribution is 5.50. The first-order chi connectivity index (χ1) is 10.4. The highest BCUT2D eigenvalue weighted by Gasteiger charge is 2.13. The van der Waals surface area contributed by atoms with Crippen LogP contribution in [0, 0.1) is 0 Å². The minimum absolute atomic E-state index is 0.628. The molecular formula is C17H18O4. The second-order valence-electron chi connectivity index (χ2n) is 4.77. The maximum atomic E-state index is 5.97. The summed E-state index contributed by atoms with van der Waals surface area (Å²) >= 11 is 0. The number of rotatable bonds is 1. The monoisotopic (exact) mass is 286 g/mol. The average molecular weight is 286 g/mol. The molecule has 3 rings (SSSR count). The Morgan fingerprint density at radius 2 is 1.48 bits per heavy atom. The molecule has 0 amide bonds. The van der Waals surface area contributed by atoms with E-state index in [2.05, 4.69) is 0 Å². The van der Waals surface area contributed by atoms with Gasteiger partial charge >= 0.3 is 0 Å². The number of methoxy groups -OCH3 is 1. The van der Waals surface area contributed by atoms with E-state index in [0.717, 1.165) is 24.3 Å². The van der Waals surface area contributed by atoms with E-state index in [0.29, 0.717) is 30.5 Å². The second-order valence-corrected chi connectivity index (χ2v) is 4.77. The summed E-state index contributed by atoms with van der Waals surface area (Å²) in [6.45, 7) is 1.28. The first-order valence-electron chi connectivity index (χ1n) is 7.07. The van der Waals surface area contributed by atoms with Crippen LogP contribution in [0.1, 0.15) is 12.8 Å². The van der Waals surface area contributed by atoms with Crippen molar-refractivity contribution in [2.75, 3.05) is 20.3 Å². The molecule has 0 saturated heterocycles. The van der Waals surface area contributed by atoms with Gasteiger partial charge in [0.05, 0.1) is 20.3 Å². The molecule has 0 radical (unpaired) electrons. The highest BCUT2D eigenvalue weighted by atomic mass is 16.5. The Kier molecular flexibility index (Phi) is 4.15. The van der Waals surface area contributed by atoms with Gasteiger partial charge in [-0.15, -0.1) is 0 Å². The molecule has 0 fully saturated rings. The van der Waals surface area contributed by atoms with E-state index in [1.807, 2.05) is 42.5 Å².